The number of carbonyl (C=O) groups excluding carboxylic acids is 4. The minimum atomic E-state index is -1.51. The molecule has 4 rings (SSSR count). The normalized spacial score (nSPS) is 13.8. The molecule has 2 aromatic carbocycles. The summed E-state index contributed by atoms with van der Waals surface area (Å²) >= 11 is 1.06. The first-order valence-corrected chi connectivity index (χ1v) is 8.94. The summed E-state index contributed by atoms with van der Waals surface area (Å²) in [4.78, 5) is 51.0. The van der Waals surface area contributed by atoms with E-state index in [-0.39, 0.29) is 12.8 Å². The maximum atomic E-state index is 11.2. The second kappa shape index (κ2) is 10.3. The van der Waals surface area contributed by atoms with Crippen molar-refractivity contribution in [2.45, 2.75) is 12.8 Å². The average molecular weight is 443 g/mol. The number of carboxylic acid groups (broad SMARTS) is 2. The third-order valence-electron chi connectivity index (χ3n) is 4.06. The van der Waals surface area contributed by atoms with Crippen molar-refractivity contribution >= 4 is 46.3 Å². The zero-order chi connectivity index (χ0) is 22.3. The van der Waals surface area contributed by atoms with Gasteiger partial charge in [0, 0.05) is 12.8 Å². The van der Waals surface area contributed by atoms with E-state index in [2.05, 4.69) is 9.98 Å². The first-order chi connectivity index (χ1) is 14.4. The molecule has 0 atom stereocenters. The Labute approximate surface area is 179 Å². The van der Waals surface area contributed by atoms with Crippen molar-refractivity contribution in [1.82, 2.24) is 0 Å². The van der Waals surface area contributed by atoms with Gasteiger partial charge in [0.1, 0.15) is 11.4 Å². The molecular formula is C20H12N2O7V. The Morgan fingerprint density at radius 2 is 1.03 bits per heavy atom. The second-order valence-electron chi connectivity index (χ2n) is 5.95. The van der Waals surface area contributed by atoms with Gasteiger partial charge in [-0.2, -0.15) is 0 Å². The third-order valence-corrected chi connectivity index (χ3v) is 4.06. The van der Waals surface area contributed by atoms with Gasteiger partial charge in [0.25, 0.3) is 0 Å². The topological polar surface area (TPSA) is 156 Å². The van der Waals surface area contributed by atoms with Crippen molar-refractivity contribution < 1.29 is 50.4 Å². The number of rotatable bonds is 2. The molecule has 0 saturated carbocycles. The molecule has 0 amide bonds. The van der Waals surface area contributed by atoms with E-state index in [0.29, 0.717) is 11.4 Å². The summed E-state index contributed by atoms with van der Waals surface area (Å²) in [6.45, 7) is 0. The van der Waals surface area contributed by atoms with E-state index in [1.165, 1.54) is 0 Å². The van der Waals surface area contributed by atoms with Crippen LogP contribution in [0.5, 0.6) is 0 Å². The van der Waals surface area contributed by atoms with Crippen LogP contribution in [-0.2, 0) is 53.1 Å². The molecular weight excluding hydrogens is 431 g/mol. The Balaban J connectivity index is 0.000000197. The number of aliphatic carboxylic acids is 2. The molecule has 2 heterocycles. The van der Waals surface area contributed by atoms with E-state index in [4.69, 9.17) is 3.67 Å². The molecule has 149 valence electrons. The van der Waals surface area contributed by atoms with Crippen LogP contribution < -0.4 is 10.2 Å². The van der Waals surface area contributed by atoms with Crippen molar-refractivity contribution in [3.05, 3.63) is 59.7 Å². The van der Waals surface area contributed by atoms with Crippen LogP contribution in [0.3, 0.4) is 0 Å². The zero-order valence-corrected chi connectivity index (χ0v) is 16.6. The van der Waals surface area contributed by atoms with Crippen LogP contribution in [0.1, 0.15) is 11.1 Å². The third kappa shape index (κ3) is 5.28. The fourth-order valence-corrected chi connectivity index (χ4v) is 2.74. The Hall–Kier alpha value is -3.56. The number of Topliss-reactive ketones (excluding diaryl/α,β-unsaturated/α-hetero) is 2. The Kier molecular flexibility index (Phi) is 7.79. The fraction of sp³-hybridized carbons (Fsp3) is 0.100. The molecule has 10 heteroatoms. The van der Waals surface area contributed by atoms with E-state index < -0.39 is 34.9 Å². The van der Waals surface area contributed by atoms with Gasteiger partial charge in [-0.15, -0.1) is 0 Å². The Morgan fingerprint density at radius 3 is 1.37 bits per heavy atom. The van der Waals surface area contributed by atoms with E-state index in [0.717, 1.165) is 28.5 Å². The fourth-order valence-electron chi connectivity index (χ4n) is 2.74. The van der Waals surface area contributed by atoms with Gasteiger partial charge in [0.15, 0.2) is 11.6 Å². The molecule has 0 radical (unpaired) electrons. The quantitative estimate of drug-likeness (QED) is 0.585. The van der Waals surface area contributed by atoms with Crippen molar-refractivity contribution in [3.8, 4) is 0 Å². The van der Waals surface area contributed by atoms with Gasteiger partial charge >= 0.3 is 21.0 Å². The number of hydrogen-bond acceptors (Lipinski definition) is 9. The Bertz CT molecular complexity index is 1010. The number of ketones is 2. The zero-order valence-electron chi connectivity index (χ0n) is 15.2. The number of benzene rings is 2. The number of hydrogen-bond donors (Lipinski definition) is 0. The first-order valence-electron chi connectivity index (χ1n) is 8.37. The summed E-state index contributed by atoms with van der Waals surface area (Å²) in [5.74, 6) is -4.01. The van der Waals surface area contributed by atoms with Crippen LogP contribution in [0.2, 0.25) is 0 Å². The molecule has 0 N–H and O–H groups in total. The van der Waals surface area contributed by atoms with Crippen LogP contribution in [0, 0.1) is 0 Å². The van der Waals surface area contributed by atoms with Crippen LogP contribution in [0.15, 0.2) is 58.5 Å². The van der Waals surface area contributed by atoms with E-state index in [1.54, 1.807) is 48.5 Å². The molecule has 9 nitrogen and oxygen atoms in total. The second-order valence-corrected chi connectivity index (χ2v) is 5.95. The average Bonchev–Trinajstić information content (AvgIpc) is 2.74. The van der Waals surface area contributed by atoms with Gasteiger partial charge in [-0.25, -0.2) is 9.98 Å². The monoisotopic (exact) mass is 443 g/mol. The van der Waals surface area contributed by atoms with Crippen molar-refractivity contribution in [2.24, 2.45) is 9.98 Å². The van der Waals surface area contributed by atoms with E-state index in [1.807, 2.05) is 0 Å². The van der Waals surface area contributed by atoms with Crippen molar-refractivity contribution in [2.75, 3.05) is 0 Å². The molecule has 0 spiro atoms. The summed E-state index contributed by atoms with van der Waals surface area (Å²) in [6.07, 6.45) is 0.173. The van der Waals surface area contributed by atoms with Gasteiger partial charge in [-0.3, -0.25) is 9.59 Å². The molecule has 2 aliphatic rings. The standard InChI is InChI=1S/2C10H7NO3.O.V/c2*12-8-5-6-3-1-2-4-7(6)11-9(8)10(13)14;;/h2*1-4H,5H2,(H,13,14);;/q;;;+2/p-2. The molecule has 0 bridgehead atoms. The molecule has 2 aliphatic heterocycles. The number of fused-ring (bicyclic) bond motifs is 2. The SMILES string of the molecule is O=C([O-])C1=Nc2ccccc2CC1=O.O=C([O-])C1=Nc2ccccc2CC1=O.[O]=[V+2]. The number of carbonyl (C=O) groups is 4. The van der Waals surface area contributed by atoms with Crippen molar-refractivity contribution in [3.63, 3.8) is 0 Å². The van der Waals surface area contributed by atoms with Gasteiger partial charge < -0.3 is 19.8 Å². The Morgan fingerprint density at radius 1 is 0.700 bits per heavy atom. The summed E-state index contributed by atoms with van der Waals surface area (Å²) in [6, 6.07) is 13.9. The number of carboxylic acids is 2. The van der Waals surface area contributed by atoms with Gasteiger partial charge in [-0.05, 0) is 23.3 Å². The molecule has 30 heavy (non-hydrogen) atoms. The predicted molar refractivity (Wildman–Crippen MR) is 95.2 cm³/mol. The predicted octanol–water partition coefficient (Wildman–Crippen LogP) is -0.853. The maximum absolute atomic E-state index is 11.2. The summed E-state index contributed by atoms with van der Waals surface area (Å²) < 4.78 is 8.19. The summed E-state index contributed by atoms with van der Waals surface area (Å²) in [5, 5.41) is 21.0. The first kappa shape index (κ1) is 22.7. The number of para-hydroxylation sites is 2. The van der Waals surface area contributed by atoms with Gasteiger partial charge in [0.2, 0.25) is 0 Å². The van der Waals surface area contributed by atoms with E-state index >= 15 is 0 Å². The summed E-state index contributed by atoms with van der Waals surface area (Å²) in [5.41, 5.74) is 1.61. The van der Waals surface area contributed by atoms with Gasteiger partial charge in [-0.1, -0.05) is 36.4 Å². The minimum absolute atomic E-state index is 0.0863. The molecule has 0 aromatic heterocycles. The molecule has 2 aromatic rings. The number of nitrogens with zero attached hydrogens (tertiary/aromatic N) is 2. The molecule has 0 saturated heterocycles. The van der Waals surface area contributed by atoms with Gasteiger partial charge in [0.05, 0.1) is 23.3 Å². The van der Waals surface area contributed by atoms with Crippen molar-refractivity contribution in [1.29, 1.82) is 0 Å². The number of aliphatic imine (C=N–C) groups is 2. The van der Waals surface area contributed by atoms with Crippen LogP contribution >= 0.6 is 0 Å². The van der Waals surface area contributed by atoms with Crippen LogP contribution in [0.4, 0.5) is 11.4 Å². The summed E-state index contributed by atoms with van der Waals surface area (Å²) in [7, 11) is 0. The molecule has 0 aliphatic carbocycles. The van der Waals surface area contributed by atoms with Crippen LogP contribution in [-0.4, -0.2) is 34.9 Å². The molecule has 0 fully saturated rings. The van der Waals surface area contributed by atoms with Crippen LogP contribution in [0.25, 0.3) is 0 Å². The molecule has 0 unspecified atom stereocenters. The van der Waals surface area contributed by atoms with E-state index in [9.17, 15) is 29.4 Å².